The van der Waals surface area contributed by atoms with Crippen molar-refractivity contribution in [3.63, 3.8) is 0 Å². The van der Waals surface area contributed by atoms with Gasteiger partial charge in [-0.05, 0) is 31.2 Å². The topological polar surface area (TPSA) is 68.7 Å². The van der Waals surface area contributed by atoms with Crippen molar-refractivity contribution in [3.8, 4) is 17.4 Å². The van der Waals surface area contributed by atoms with Crippen LogP contribution in [0.4, 0.5) is 0 Å². The van der Waals surface area contributed by atoms with E-state index in [0.717, 1.165) is 0 Å². The fourth-order valence-electron chi connectivity index (χ4n) is 1.54. The summed E-state index contributed by atoms with van der Waals surface area (Å²) in [6, 6.07) is 9.95. The highest BCUT2D eigenvalue weighted by Crippen LogP contribution is 2.26. The molecule has 5 nitrogen and oxygen atoms in total. The highest BCUT2D eigenvalue weighted by Gasteiger charge is 2.12. The molecular weight excluding hydrogens is 246 g/mol. The van der Waals surface area contributed by atoms with Gasteiger partial charge in [0.25, 0.3) is 0 Å². The summed E-state index contributed by atoms with van der Waals surface area (Å²) in [7, 11) is 0. The third-order valence-corrected chi connectivity index (χ3v) is 2.33. The fraction of sp³-hybridized carbons (Fsp3) is 0.143. The first-order valence-electron chi connectivity index (χ1n) is 5.79. The zero-order valence-electron chi connectivity index (χ0n) is 10.4. The predicted octanol–water partition coefficient (Wildman–Crippen LogP) is 2.97. The van der Waals surface area contributed by atoms with E-state index >= 15 is 0 Å². The van der Waals surface area contributed by atoms with Gasteiger partial charge in [0.2, 0.25) is 5.88 Å². The summed E-state index contributed by atoms with van der Waals surface area (Å²) in [5.74, 6) is 0.118. The molecule has 0 aliphatic rings. The molecule has 0 amide bonds. The van der Waals surface area contributed by atoms with Crippen molar-refractivity contribution in [2.24, 2.45) is 0 Å². The Labute approximate surface area is 110 Å². The molecule has 0 spiro atoms. The highest BCUT2D eigenvalue weighted by atomic mass is 16.5. The van der Waals surface area contributed by atoms with Gasteiger partial charge in [0, 0.05) is 12.3 Å². The number of carboxylic acids is 1. The van der Waals surface area contributed by atoms with Crippen LogP contribution in [0.25, 0.3) is 0 Å². The first-order chi connectivity index (χ1) is 9.20. The third-order valence-electron chi connectivity index (χ3n) is 2.33. The van der Waals surface area contributed by atoms with E-state index in [9.17, 15) is 4.79 Å². The molecule has 1 heterocycles. The minimum absolute atomic E-state index is 0.0179. The van der Waals surface area contributed by atoms with Gasteiger partial charge in [0.05, 0.1) is 6.61 Å². The van der Waals surface area contributed by atoms with Gasteiger partial charge in [0.15, 0.2) is 0 Å². The lowest BCUT2D eigenvalue weighted by molar-refractivity contribution is 0.0693. The molecule has 0 saturated heterocycles. The van der Waals surface area contributed by atoms with Crippen molar-refractivity contribution in [3.05, 3.63) is 48.2 Å². The first kappa shape index (κ1) is 12.9. The van der Waals surface area contributed by atoms with Gasteiger partial charge in [-0.3, -0.25) is 0 Å². The summed E-state index contributed by atoms with van der Waals surface area (Å²) < 4.78 is 10.8. The minimum atomic E-state index is -1.08. The Kier molecular flexibility index (Phi) is 3.97. The van der Waals surface area contributed by atoms with E-state index in [1.165, 1.54) is 12.3 Å². The number of pyridine rings is 1. The molecule has 2 aromatic rings. The van der Waals surface area contributed by atoms with Gasteiger partial charge in [-0.2, -0.15) is 0 Å². The Morgan fingerprint density at radius 2 is 2.05 bits per heavy atom. The SMILES string of the molecule is CCOc1cccc(Oc2ncccc2C(=O)O)c1. The lowest BCUT2D eigenvalue weighted by Crippen LogP contribution is -2.01. The van der Waals surface area contributed by atoms with Gasteiger partial charge in [-0.1, -0.05) is 6.07 Å². The summed E-state index contributed by atoms with van der Waals surface area (Å²) in [5, 5.41) is 9.04. The molecule has 0 atom stereocenters. The van der Waals surface area contributed by atoms with E-state index in [2.05, 4.69) is 4.98 Å². The van der Waals surface area contributed by atoms with E-state index in [4.69, 9.17) is 14.6 Å². The number of hydrogen-bond acceptors (Lipinski definition) is 4. The molecule has 0 fully saturated rings. The third kappa shape index (κ3) is 3.22. The smallest absolute Gasteiger partial charge is 0.341 e. The zero-order valence-corrected chi connectivity index (χ0v) is 10.4. The van der Waals surface area contributed by atoms with E-state index in [0.29, 0.717) is 18.1 Å². The highest BCUT2D eigenvalue weighted by molar-refractivity contribution is 5.90. The summed E-state index contributed by atoms with van der Waals surface area (Å²) in [5.41, 5.74) is 0.0179. The molecular formula is C14H13NO4. The van der Waals surface area contributed by atoms with Crippen LogP contribution in [0.15, 0.2) is 42.6 Å². The number of carboxylic acid groups (broad SMARTS) is 1. The van der Waals surface area contributed by atoms with Crippen LogP contribution < -0.4 is 9.47 Å². The van der Waals surface area contributed by atoms with Crippen molar-refractivity contribution in [2.45, 2.75) is 6.92 Å². The van der Waals surface area contributed by atoms with Crippen LogP contribution in [-0.4, -0.2) is 22.7 Å². The normalized spacial score (nSPS) is 9.95. The number of nitrogens with zero attached hydrogens (tertiary/aromatic N) is 1. The summed E-state index contributed by atoms with van der Waals surface area (Å²) in [6.07, 6.45) is 1.48. The number of aromatic nitrogens is 1. The molecule has 5 heteroatoms. The van der Waals surface area contributed by atoms with Crippen LogP contribution in [0.3, 0.4) is 0 Å². The van der Waals surface area contributed by atoms with Crippen molar-refractivity contribution >= 4 is 5.97 Å². The van der Waals surface area contributed by atoms with E-state index in [1.54, 1.807) is 30.3 Å². The van der Waals surface area contributed by atoms with Crippen molar-refractivity contribution in [1.29, 1.82) is 0 Å². The minimum Gasteiger partial charge on any atom is -0.494 e. The second kappa shape index (κ2) is 5.86. The number of ether oxygens (including phenoxy) is 2. The molecule has 1 N–H and O–H groups in total. The maximum atomic E-state index is 11.0. The number of benzene rings is 1. The molecule has 0 aliphatic heterocycles. The molecule has 0 aliphatic carbocycles. The Morgan fingerprint density at radius 1 is 1.26 bits per heavy atom. The summed E-state index contributed by atoms with van der Waals surface area (Å²) >= 11 is 0. The van der Waals surface area contributed by atoms with Crippen LogP contribution in [-0.2, 0) is 0 Å². The average Bonchev–Trinajstić information content (AvgIpc) is 2.40. The molecule has 0 radical (unpaired) electrons. The van der Waals surface area contributed by atoms with Crippen molar-refractivity contribution in [1.82, 2.24) is 4.98 Å². The number of rotatable bonds is 5. The predicted molar refractivity (Wildman–Crippen MR) is 68.9 cm³/mol. The van der Waals surface area contributed by atoms with Crippen LogP contribution in [0.2, 0.25) is 0 Å². The lowest BCUT2D eigenvalue weighted by Gasteiger charge is -2.08. The second-order valence-corrected chi connectivity index (χ2v) is 3.67. The molecule has 0 unspecified atom stereocenters. The van der Waals surface area contributed by atoms with Gasteiger partial charge < -0.3 is 14.6 Å². The molecule has 2 rings (SSSR count). The summed E-state index contributed by atoms with van der Waals surface area (Å²) in [4.78, 5) is 15.0. The van der Waals surface area contributed by atoms with Crippen LogP contribution in [0.5, 0.6) is 17.4 Å². The largest absolute Gasteiger partial charge is 0.494 e. The molecule has 0 bridgehead atoms. The zero-order chi connectivity index (χ0) is 13.7. The number of carbonyl (C=O) groups is 1. The van der Waals surface area contributed by atoms with E-state index < -0.39 is 5.97 Å². The van der Waals surface area contributed by atoms with Crippen LogP contribution in [0, 0.1) is 0 Å². The molecule has 1 aromatic heterocycles. The van der Waals surface area contributed by atoms with Crippen molar-refractivity contribution in [2.75, 3.05) is 6.61 Å². The monoisotopic (exact) mass is 259 g/mol. The second-order valence-electron chi connectivity index (χ2n) is 3.67. The maximum Gasteiger partial charge on any atom is 0.341 e. The quantitative estimate of drug-likeness (QED) is 0.893. The molecule has 19 heavy (non-hydrogen) atoms. The number of hydrogen-bond donors (Lipinski definition) is 1. The Morgan fingerprint density at radius 3 is 2.79 bits per heavy atom. The molecule has 1 aromatic carbocycles. The summed E-state index contributed by atoms with van der Waals surface area (Å²) in [6.45, 7) is 2.43. The average molecular weight is 259 g/mol. The Hall–Kier alpha value is -2.56. The maximum absolute atomic E-state index is 11.0. The van der Waals surface area contributed by atoms with E-state index in [-0.39, 0.29) is 11.4 Å². The first-order valence-corrected chi connectivity index (χ1v) is 5.79. The van der Waals surface area contributed by atoms with Crippen LogP contribution >= 0.6 is 0 Å². The van der Waals surface area contributed by atoms with Crippen LogP contribution in [0.1, 0.15) is 17.3 Å². The van der Waals surface area contributed by atoms with E-state index in [1.807, 2.05) is 6.92 Å². The fourth-order valence-corrected chi connectivity index (χ4v) is 1.54. The lowest BCUT2D eigenvalue weighted by atomic mass is 10.2. The van der Waals surface area contributed by atoms with Gasteiger partial charge in [-0.15, -0.1) is 0 Å². The Balaban J connectivity index is 2.26. The molecule has 0 saturated carbocycles. The number of aromatic carboxylic acids is 1. The Bertz CT molecular complexity index is 583. The van der Waals surface area contributed by atoms with Gasteiger partial charge >= 0.3 is 5.97 Å². The van der Waals surface area contributed by atoms with Gasteiger partial charge in [-0.25, -0.2) is 9.78 Å². The standard InChI is InChI=1S/C14H13NO4/c1-2-18-10-5-3-6-11(9-10)19-13-12(14(16)17)7-4-8-15-13/h3-9H,2H2,1H3,(H,16,17). The molecule has 98 valence electrons. The van der Waals surface area contributed by atoms with Crippen molar-refractivity contribution < 1.29 is 19.4 Å². The van der Waals surface area contributed by atoms with Gasteiger partial charge in [0.1, 0.15) is 17.1 Å².